The summed E-state index contributed by atoms with van der Waals surface area (Å²) in [6.45, 7) is -0.289. The molecule has 1 N–H and O–H groups in total. The van der Waals surface area contributed by atoms with Crippen LogP contribution >= 0.6 is 11.8 Å². The van der Waals surface area contributed by atoms with Gasteiger partial charge < -0.3 is 10.0 Å². The molecule has 4 nitrogen and oxygen atoms in total. The molecule has 1 aliphatic rings. The second kappa shape index (κ2) is 8.90. The third-order valence-electron chi connectivity index (χ3n) is 5.32. The maximum atomic E-state index is 14.5. The third kappa shape index (κ3) is 4.73. The summed E-state index contributed by atoms with van der Waals surface area (Å²) in [6.07, 6.45) is -4.61. The molecule has 170 valence electrons. The van der Waals surface area contributed by atoms with E-state index in [1.54, 1.807) is 24.3 Å². The van der Waals surface area contributed by atoms with Crippen LogP contribution in [0.3, 0.4) is 0 Å². The van der Waals surface area contributed by atoms with Crippen molar-refractivity contribution in [3.63, 3.8) is 0 Å². The van der Waals surface area contributed by atoms with Crippen molar-refractivity contribution in [2.45, 2.75) is 29.3 Å². The number of para-hydroxylation sites is 1. The fourth-order valence-electron chi connectivity index (χ4n) is 3.72. The van der Waals surface area contributed by atoms with Crippen molar-refractivity contribution < 1.29 is 32.3 Å². The van der Waals surface area contributed by atoms with E-state index in [4.69, 9.17) is 5.11 Å². The minimum absolute atomic E-state index is 0.0407. The molecule has 1 heterocycles. The highest BCUT2D eigenvalue weighted by Crippen LogP contribution is 2.42. The number of carboxylic acids is 1. The number of benzene rings is 3. The van der Waals surface area contributed by atoms with Crippen molar-refractivity contribution in [3.8, 4) is 0 Å². The molecule has 0 radical (unpaired) electrons. The molecule has 3 aromatic carbocycles. The predicted octanol–water partition coefficient (Wildman–Crippen LogP) is 5.79. The second-order valence-corrected chi connectivity index (χ2v) is 8.71. The molecular formula is C24H17F4NO3S. The van der Waals surface area contributed by atoms with E-state index in [0.29, 0.717) is 10.6 Å². The first-order valence-electron chi connectivity index (χ1n) is 9.89. The van der Waals surface area contributed by atoms with Crippen LogP contribution in [0.15, 0.2) is 71.6 Å². The molecule has 1 amide bonds. The summed E-state index contributed by atoms with van der Waals surface area (Å²) in [5.74, 6) is -2.47. The average molecular weight is 475 g/mol. The number of carbonyl (C=O) groups is 2. The number of halogens is 4. The minimum Gasteiger partial charge on any atom is -0.478 e. The Bertz CT molecular complexity index is 1230. The molecule has 0 aliphatic carbocycles. The van der Waals surface area contributed by atoms with E-state index in [9.17, 15) is 27.2 Å². The van der Waals surface area contributed by atoms with Crippen LogP contribution in [0.4, 0.5) is 23.2 Å². The molecule has 1 atom stereocenters. The normalized spacial score (nSPS) is 15.9. The molecule has 0 saturated carbocycles. The van der Waals surface area contributed by atoms with Gasteiger partial charge in [0.1, 0.15) is 5.82 Å². The van der Waals surface area contributed by atoms with Crippen LogP contribution in [0.1, 0.15) is 27.0 Å². The number of carboxylic acid groups (broad SMARTS) is 1. The quantitative estimate of drug-likeness (QED) is 0.475. The minimum atomic E-state index is -4.57. The van der Waals surface area contributed by atoms with Crippen molar-refractivity contribution >= 4 is 29.3 Å². The maximum absolute atomic E-state index is 14.5. The van der Waals surface area contributed by atoms with Crippen LogP contribution in [0.2, 0.25) is 0 Å². The zero-order chi connectivity index (χ0) is 23.8. The molecule has 1 unspecified atom stereocenters. The van der Waals surface area contributed by atoms with Crippen molar-refractivity contribution in [1.82, 2.24) is 0 Å². The molecule has 1 aliphatic heterocycles. The highest BCUT2D eigenvalue weighted by Gasteiger charge is 2.37. The molecule has 0 spiro atoms. The van der Waals surface area contributed by atoms with E-state index < -0.39 is 34.7 Å². The monoisotopic (exact) mass is 475 g/mol. The second-order valence-electron chi connectivity index (χ2n) is 7.47. The summed E-state index contributed by atoms with van der Waals surface area (Å²) in [4.78, 5) is 26.4. The Morgan fingerprint density at radius 2 is 1.70 bits per heavy atom. The number of nitrogens with zero attached hydrogens (tertiary/aromatic N) is 1. The summed E-state index contributed by atoms with van der Waals surface area (Å²) in [5, 5.41) is 8.23. The van der Waals surface area contributed by atoms with Crippen LogP contribution in [0.25, 0.3) is 0 Å². The van der Waals surface area contributed by atoms with E-state index in [0.717, 1.165) is 12.1 Å². The molecular weight excluding hydrogens is 458 g/mol. The van der Waals surface area contributed by atoms with Gasteiger partial charge in [0.25, 0.3) is 0 Å². The molecule has 3 aromatic rings. The van der Waals surface area contributed by atoms with Crippen molar-refractivity contribution in [3.05, 3.63) is 94.8 Å². The lowest BCUT2D eigenvalue weighted by Gasteiger charge is -2.34. The SMILES string of the molecule is O=C(O)c1ccc(CC2Sc3ccccc3N(Cc3ccccc3C(F)(F)F)C2=O)c(F)c1. The van der Waals surface area contributed by atoms with Crippen molar-refractivity contribution in [2.75, 3.05) is 4.90 Å². The highest BCUT2D eigenvalue weighted by atomic mass is 32.2. The van der Waals surface area contributed by atoms with Gasteiger partial charge in [0.05, 0.1) is 28.6 Å². The first-order valence-corrected chi connectivity index (χ1v) is 10.8. The topological polar surface area (TPSA) is 57.6 Å². The molecule has 0 fully saturated rings. The summed E-state index contributed by atoms with van der Waals surface area (Å²) < 4.78 is 55.0. The number of thioether (sulfide) groups is 1. The molecule has 0 saturated heterocycles. The zero-order valence-corrected chi connectivity index (χ0v) is 17.8. The van der Waals surface area contributed by atoms with Gasteiger partial charge in [0, 0.05) is 4.90 Å². The smallest absolute Gasteiger partial charge is 0.416 e. The molecule has 0 bridgehead atoms. The Hall–Kier alpha value is -3.33. The zero-order valence-electron chi connectivity index (χ0n) is 17.0. The van der Waals surface area contributed by atoms with E-state index in [2.05, 4.69) is 0 Å². The number of amides is 1. The Kier molecular flexibility index (Phi) is 6.16. The Balaban J connectivity index is 1.68. The lowest BCUT2D eigenvalue weighted by atomic mass is 10.0. The predicted molar refractivity (Wildman–Crippen MR) is 116 cm³/mol. The third-order valence-corrected chi connectivity index (χ3v) is 6.58. The van der Waals surface area contributed by atoms with Gasteiger partial charge in [0.2, 0.25) is 5.91 Å². The molecule has 33 heavy (non-hydrogen) atoms. The summed E-state index contributed by atoms with van der Waals surface area (Å²) >= 11 is 1.21. The fraction of sp³-hybridized carbons (Fsp3) is 0.167. The van der Waals surface area contributed by atoms with Gasteiger partial charge in [-0.15, -0.1) is 11.8 Å². The van der Waals surface area contributed by atoms with Gasteiger partial charge in [-0.2, -0.15) is 13.2 Å². The Morgan fingerprint density at radius 1 is 1.00 bits per heavy atom. The number of hydrogen-bond donors (Lipinski definition) is 1. The van der Waals surface area contributed by atoms with Gasteiger partial charge in [-0.3, -0.25) is 4.79 Å². The van der Waals surface area contributed by atoms with Crippen LogP contribution in [0.5, 0.6) is 0 Å². The van der Waals surface area contributed by atoms with Crippen LogP contribution in [0, 0.1) is 5.82 Å². The number of hydrogen-bond acceptors (Lipinski definition) is 3. The summed E-state index contributed by atoms with van der Waals surface area (Å²) in [5.41, 5.74) is -0.436. The first-order chi connectivity index (χ1) is 15.6. The van der Waals surface area contributed by atoms with Crippen molar-refractivity contribution in [1.29, 1.82) is 0 Å². The molecule has 0 aromatic heterocycles. The summed E-state index contributed by atoms with van der Waals surface area (Å²) in [6, 6.07) is 15.4. The van der Waals surface area contributed by atoms with Crippen LogP contribution < -0.4 is 4.90 Å². The number of carbonyl (C=O) groups excluding carboxylic acids is 1. The number of fused-ring (bicyclic) bond motifs is 1. The van der Waals surface area contributed by atoms with Gasteiger partial charge >= 0.3 is 12.1 Å². The van der Waals surface area contributed by atoms with E-state index in [1.807, 2.05) is 0 Å². The number of alkyl halides is 3. The van der Waals surface area contributed by atoms with E-state index in [1.165, 1.54) is 47.0 Å². The fourth-order valence-corrected chi connectivity index (χ4v) is 4.97. The standard InChI is InChI=1S/C24H17F4NO3S/c25-18-11-15(23(31)32)10-9-14(18)12-21-22(30)29(19-7-3-4-8-20(19)33-21)13-16-5-1-2-6-17(16)24(26,27)28/h1-11,21H,12-13H2,(H,31,32). The highest BCUT2D eigenvalue weighted by molar-refractivity contribution is 8.01. The molecule has 9 heteroatoms. The molecule has 4 rings (SSSR count). The van der Waals surface area contributed by atoms with Crippen LogP contribution in [-0.2, 0) is 23.9 Å². The number of rotatable bonds is 5. The average Bonchev–Trinajstić information content (AvgIpc) is 2.77. The van der Waals surface area contributed by atoms with E-state index in [-0.39, 0.29) is 29.7 Å². The number of aromatic carboxylic acids is 1. The van der Waals surface area contributed by atoms with Gasteiger partial charge in [-0.25, -0.2) is 9.18 Å². The summed E-state index contributed by atoms with van der Waals surface area (Å²) in [7, 11) is 0. The van der Waals surface area contributed by atoms with Gasteiger partial charge in [-0.1, -0.05) is 36.4 Å². The van der Waals surface area contributed by atoms with Crippen LogP contribution in [-0.4, -0.2) is 22.2 Å². The number of anilines is 1. The van der Waals surface area contributed by atoms with Gasteiger partial charge in [-0.05, 0) is 47.9 Å². The van der Waals surface area contributed by atoms with E-state index >= 15 is 0 Å². The maximum Gasteiger partial charge on any atom is 0.416 e. The Labute approximate surface area is 190 Å². The lowest BCUT2D eigenvalue weighted by molar-refractivity contribution is -0.138. The first kappa shape index (κ1) is 22.8. The van der Waals surface area contributed by atoms with Gasteiger partial charge in [0.15, 0.2) is 0 Å². The lowest BCUT2D eigenvalue weighted by Crippen LogP contribution is -2.42. The Morgan fingerprint density at radius 3 is 2.39 bits per heavy atom. The van der Waals surface area contributed by atoms with Crippen molar-refractivity contribution in [2.24, 2.45) is 0 Å². The largest absolute Gasteiger partial charge is 0.478 e.